The summed E-state index contributed by atoms with van der Waals surface area (Å²) in [5.41, 5.74) is 9.25. The summed E-state index contributed by atoms with van der Waals surface area (Å²) < 4.78 is 10.6. The zero-order chi connectivity index (χ0) is 14.7. The minimum atomic E-state index is -0.322. The maximum Gasteiger partial charge on any atom is 0.124 e. The van der Waals surface area contributed by atoms with Crippen molar-refractivity contribution in [3.8, 4) is 11.5 Å². The van der Waals surface area contributed by atoms with Gasteiger partial charge in [0.25, 0.3) is 0 Å². The molecule has 0 aliphatic heterocycles. The van der Waals surface area contributed by atoms with E-state index in [2.05, 4.69) is 0 Å². The molecule has 2 aromatic carbocycles. The average molecular weight is 292 g/mol. The Morgan fingerprint density at radius 2 is 1.80 bits per heavy atom. The van der Waals surface area contributed by atoms with Crippen LogP contribution in [0.25, 0.3) is 0 Å². The lowest BCUT2D eigenvalue weighted by molar-refractivity contribution is 0.397. The van der Waals surface area contributed by atoms with Crippen LogP contribution in [0, 0.1) is 6.92 Å². The molecule has 0 radical (unpaired) electrons. The van der Waals surface area contributed by atoms with Gasteiger partial charge in [0.15, 0.2) is 0 Å². The molecule has 4 heteroatoms. The van der Waals surface area contributed by atoms with Crippen LogP contribution in [0.3, 0.4) is 0 Å². The minimum Gasteiger partial charge on any atom is -0.497 e. The van der Waals surface area contributed by atoms with Crippen molar-refractivity contribution >= 4 is 11.6 Å². The van der Waals surface area contributed by atoms with Gasteiger partial charge in [-0.25, -0.2) is 0 Å². The molecule has 0 aromatic heterocycles. The van der Waals surface area contributed by atoms with Crippen molar-refractivity contribution in [1.82, 2.24) is 0 Å². The maximum atomic E-state index is 6.36. The monoisotopic (exact) mass is 291 g/mol. The molecule has 0 amide bonds. The molecule has 1 atom stereocenters. The molecule has 0 spiro atoms. The number of ether oxygens (including phenoxy) is 2. The lowest BCUT2D eigenvalue weighted by atomic mass is 9.97. The van der Waals surface area contributed by atoms with Crippen LogP contribution < -0.4 is 15.2 Å². The first kappa shape index (κ1) is 14.7. The van der Waals surface area contributed by atoms with Crippen LogP contribution in [0.1, 0.15) is 22.7 Å². The Morgan fingerprint density at radius 3 is 2.40 bits per heavy atom. The second-order valence-corrected chi connectivity index (χ2v) is 5.08. The lowest BCUT2D eigenvalue weighted by Gasteiger charge is -2.18. The molecule has 0 saturated heterocycles. The minimum absolute atomic E-state index is 0.322. The second kappa shape index (κ2) is 6.16. The topological polar surface area (TPSA) is 44.5 Å². The van der Waals surface area contributed by atoms with Crippen molar-refractivity contribution in [2.45, 2.75) is 13.0 Å². The van der Waals surface area contributed by atoms with E-state index in [0.29, 0.717) is 5.02 Å². The summed E-state index contributed by atoms with van der Waals surface area (Å²) in [5, 5.41) is 0.678. The van der Waals surface area contributed by atoms with Gasteiger partial charge in [-0.1, -0.05) is 17.7 Å². The zero-order valence-electron chi connectivity index (χ0n) is 11.8. The van der Waals surface area contributed by atoms with Gasteiger partial charge in [-0.05, 0) is 48.4 Å². The fraction of sp³-hybridized carbons (Fsp3) is 0.250. The maximum absolute atomic E-state index is 6.36. The Bertz CT molecular complexity index is 593. The van der Waals surface area contributed by atoms with Crippen LogP contribution in [0.15, 0.2) is 36.4 Å². The predicted molar refractivity (Wildman–Crippen MR) is 81.8 cm³/mol. The summed E-state index contributed by atoms with van der Waals surface area (Å²) in [7, 11) is 3.25. The standard InChI is InChI=1S/C16H18ClNO2/c1-10-6-11(8-12(17)7-10)16(18)14-9-13(19-2)4-5-15(14)20-3/h4-9,16H,18H2,1-3H3. The molecule has 0 heterocycles. The van der Waals surface area contributed by atoms with Crippen molar-refractivity contribution in [3.63, 3.8) is 0 Å². The van der Waals surface area contributed by atoms with E-state index in [-0.39, 0.29) is 6.04 Å². The van der Waals surface area contributed by atoms with Gasteiger partial charge >= 0.3 is 0 Å². The molecular formula is C16H18ClNO2. The molecule has 0 aliphatic carbocycles. The first-order chi connectivity index (χ1) is 9.55. The molecule has 2 N–H and O–H groups in total. The quantitative estimate of drug-likeness (QED) is 0.934. The van der Waals surface area contributed by atoms with E-state index >= 15 is 0 Å². The second-order valence-electron chi connectivity index (χ2n) is 4.65. The highest BCUT2D eigenvalue weighted by Gasteiger charge is 2.16. The Morgan fingerprint density at radius 1 is 1.05 bits per heavy atom. The largest absolute Gasteiger partial charge is 0.497 e. The van der Waals surface area contributed by atoms with Crippen LogP contribution in [-0.2, 0) is 0 Å². The molecule has 106 valence electrons. The van der Waals surface area contributed by atoms with Crippen molar-refractivity contribution in [3.05, 3.63) is 58.1 Å². The number of aryl methyl sites for hydroxylation is 1. The first-order valence-electron chi connectivity index (χ1n) is 6.29. The molecule has 1 unspecified atom stereocenters. The van der Waals surface area contributed by atoms with Crippen molar-refractivity contribution in [1.29, 1.82) is 0 Å². The van der Waals surface area contributed by atoms with Crippen LogP contribution in [-0.4, -0.2) is 14.2 Å². The summed E-state index contributed by atoms with van der Waals surface area (Å²) >= 11 is 6.10. The lowest BCUT2D eigenvalue weighted by Crippen LogP contribution is -2.13. The average Bonchev–Trinajstić information content (AvgIpc) is 2.44. The van der Waals surface area contributed by atoms with Crippen molar-refractivity contribution in [2.75, 3.05) is 14.2 Å². The van der Waals surface area contributed by atoms with Crippen LogP contribution in [0.4, 0.5) is 0 Å². The molecule has 0 saturated carbocycles. The molecule has 0 bridgehead atoms. The number of methoxy groups -OCH3 is 2. The number of benzene rings is 2. The zero-order valence-corrected chi connectivity index (χ0v) is 12.6. The van der Waals surface area contributed by atoms with E-state index < -0.39 is 0 Å². The predicted octanol–water partition coefficient (Wildman–Crippen LogP) is 3.71. The Labute approximate surface area is 124 Å². The molecule has 0 fully saturated rings. The van der Waals surface area contributed by atoms with E-state index in [9.17, 15) is 0 Å². The summed E-state index contributed by atoms with van der Waals surface area (Å²) in [6.45, 7) is 1.99. The highest BCUT2D eigenvalue weighted by atomic mass is 35.5. The normalized spacial score (nSPS) is 12.1. The van der Waals surface area contributed by atoms with Crippen LogP contribution >= 0.6 is 11.6 Å². The van der Waals surface area contributed by atoms with E-state index in [1.54, 1.807) is 14.2 Å². The highest BCUT2D eigenvalue weighted by molar-refractivity contribution is 6.30. The Balaban J connectivity index is 2.48. The Hall–Kier alpha value is -1.71. The molecular weight excluding hydrogens is 274 g/mol. The van der Waals surface area contributed by atoms with E-state index in [1.165, 1.54) is 0 Å². The number of rotatable bonds is 4. The van der Waals surface area contributed by atoms with Gasteiger partial charge in [-0.15, -0.1) is 0 Å². The molecule has 0 aliphatic rings. The van der Waals surface area contributed by atoms with Gasteiger partial charge in [-0.3, -0.25) is 0 Å². The smallest absolute Gasteiger partial charge is 0.124 e. The van der Waals surface area contributed by atoms with Crippen LogP contribution in [0.5, 0.6) is 11.5 Å². The van der Waals surface area contributed by atoms with Gasteiger partial charge in [0.05, 0.1) is 20.3 Å². The van der Waals surface area contributed by atoms with Gasteiger partial charge in [-0.2, -0.15) is 0 Å². The molecule has 2 rings (SSSR count). The number of nitrogens with two attached hydrogens (primary N) is 1. The fourth-order valence-corrected chi connectivity index (χ4v) is 2.50. The first-order valence-corrected chi connectivity index (χ1v) is 6.67. The van der Waals surface area contributed by atoms with Gasteiger partial charge < -0.3 is 15.2 Å². The number of hydrogen-bond acceptors (Lipinski definition) is 3. The van der Waals surface area contributed by atoms with Gasteiger partial charge in [0.1, 0.15) is 11.5 Å². The Kier molecular flexibility index (Phi) is 4.53. The summed E-state index contributed by atoms with van der Waals surface area (Å²) in [6.07, 6.45) is 0. The van der Waals surface area contributed by atoms with Crippen LogP contribution in [0.2, 0.25) is 5.02 Å². The summed E-state index contributed by atoms with van der Waals surface area (Å²) in [6, 6.07) is 11.1. The van der Waals surface area contributed by atoms with Crippen molar-refractivity contribution in [2.24, 2.45) is 5.73 Å². The molecule has 3 nitrogen and oxygen atoms in total. The molecule has 20 heavy (non-hydrogen) atoms. The third-order valence-electron chi connectivity index (χ3n) is 3.20. The summed E-state index contributed by atoms with van der Waals surface area (Å²) in [4.78, 5) is 0. The number of hydrogen-bond donors (Lipinski definition) is 1. The summed E-state index contributed by atoms with van der Waals surface area (Å²) in [5.74, 6) is 1.48. The van der Waals surface area contributed by atoms with Crippen molar-refractivity contribution < 1.29 is 9.47 Å². The third kappa shape index (κ3) is 3.06. The van der Waals surface area contributed by atoms with Gasteiger partial charge in [0, 0.05) is 10.6 Å². The fourth-order valence-electron chi connectivity index (χ4n) is 2.21. The molecule has 2 aromatic rings. The third-order valence-corrected chi connectivity index (χ3v) is 3.41. The van der Waals surface area contributed by atoms with E-state index in [0.717, 1.165) is 28.2 Å². The van der Waals surface area contributed by atoms with E-state index in [1.807, 2.05) is 43.3 Å². The van der Waals surface area contributed by atoms with E-state index in [4.69, 9.17) is 26.8 Å². The SMILES string of the molecule is COc1ccc(OC)c(C(N)c2cc(C)cc(Cl)c2)c1. The number of halogens is 1. The highest BCUT2D eigenvalue weighted by Crippen LogP contribution is 2.32. The van der Waals surface area contributed by atoms with Gasteiger partial charge in [0.2, 0.25) is 0 Å².